The summed E-state index contributed by atoms with van der Waals surface area (Å²) in [5, 5.41) is 4.66. The first-order valence-electron chi connectivity index (χ1n) is 7.29. The Hall–Kier alpha value is -2.14. The van der Waals surface area contributed by atoms with Crippen LogP contribution < -0.4 is 10.1 Å². The largest absolute Gasteiger partial charge is 0.491 e. The molecule has 0 fully saturated rings. The molecule has 0 saturated heterocycles. The molecule has 1 aromatic heterocycles. The Morgan fingerprint density at radius 1 is 1.14 bits per heavy atom. The molecule has 22 heavy (non-hydrogen) atoms. The van der Waals surface area contributed by atoms with Gasteiger partial charge in [-0.25, -0.2) is 0 Å². The molecule has 2 aromatic rings. The molecule has 0 aliphatic carbocycles. The summed E-state index contributed by atoms with van der Waals surface area (Å²) in [5.41, 5.74) is 0.643. The molecule has 0 atom stereocenters. The molecule has 5 heteroatoms. The average molecular weight is 317 g/mol. The lowest BCUT2D eigenvalue weighted by Gasteiger charge is -2.11. The summed E-state index contributed by atoms with van der Waals surface area (Å²) >= 11 is 1.40. The number of anilines is 1. The number of carbonyl (C=O) groups is 2. The van der Waals surface area contributed by atoms with Gasteiger partial charge in [-0.1, -0.05) is 25.1 Å². The predicted octanol–water partition coefficient (Wildman–Crippen LogP) is 4.14. The molecule has 0 aliphatic heterocycles. The maximum atomic E-state index is 12.0. The highest BCUT2D eigenvalue weighted by atomic mass is 32.1. The monoisotopic (exact) mass is 317 g/mol. The predicted molar refractivity (Wildman–Crippen MR) is 88.7 cm³/mol. The normalized spacial score (nSPS) is 10.2. The summed E-state index contributed by atoms with van der Waals surface area (Å²) < 4.78 is 5.59. The van der Waals surface area contributed by atoms with Gasteiger partial charge >= 0.3 is 0 Å². The van der Waals surface area contributed by atoms with Crippen molar-refractivity contribution >= 4 is 28.7 Å². The van der Waals surface area contributed by atoms with Crippen LogP contribution in [0.5, 0.6) is 5.75 Å². The zero-order valence-corrected chi connectivity index (χ0v) is 13.3. The van der Waals surface area contributed by atoms with E-state index in [1.807, 2.05) is 36.6 Å². The molecule has 4 nitrogen and oxygen atoms in total. The first-order valence-corrected chi connectivity index (χ1v) is 8.17. The minimum absolute atomic E-state index is 0.000619. The van der Waals surface area contributed by atoms with Gasteiger partial charge in [0, 0.05) is 12.8 Å². The van der Waals surface area contributed by atoms with Gasteiger partial charge in [-0.2, -0.15) is 0 Å². The van der Waals surface area contributed by atoms with Crippen LogP contribution in [0.3, 0.4) is 0 Å². The Labute approximate surface area is 134 Å². The van der Waals surface area contributed by atoms with Crippen molar-refractivity contribution < 1.29 is 14.3 Å². The molecule has 1 N–H and O–H groups in total. The van der Waals surface area contributed by atoms with E-state index in [2.05, 4.69) is 5.32 Å². The number of ketones is 1. The van der Waals surface area contributed by atoms with Crippen molar-refractivity contribution in [3.63, 3.8) is 0 Å². The third-order valence-electron chi connectivity index (χ3n) is 3.00. The van der Waals surface area contributed by atoms with Crippen LogP contribution in [0.15, 0.2) is 41.8 Å². The molecular weight excluding hydrogens is 298 g/mol. The van der Waals surface area contributed by atoms with Gasteiger partial charge in [-0.15, -0.1) is 11.3 Å². The molecule has 1 amide bonds. The van der Waals surface area contributed by atoms with E-state index in [0.29, 0.717) is 22.9 Å². The third kappa shape index (κ3) is 4.70. The van der Waals surface area contributed by atoms with Gasteiger partial charge in [-0.3, -0.25) is 9.59 Å². The lowest BCUT2D eigenvalue weighted by Crippen LogP contribution is -2.14. The van der Waals surface area contributed by atoms with Gasteiger partial charge in [0.1, 0.15) is 5.75 Å². The third-order valence-corrected chi connectivity index (χ3v) is 3.91. The van der Waals surface area contributed by atoms with E-state index in [0.717, 1.165) is 6.42 Å². The summed E-state index contributed by atoms with van der Waals surface area (Å²) in [6.45, 7) is 2.63. The lowest BCUT2D eigenvalue weighted by molar-refractivity contribution is -0.116. The fraction of sp³-hybridized carbons (Fsp3) is 0.294. The van der Waals surface area contributed by atoms with Crippen molar-refractivity contribution in [1.82, 2.24) is 0 Å². The van der Waals surface area contributed by atoms with Crippen LogP contribution >= 0.6 is 11.3 Å². The molecule has 116 valence electrons. The minimum atomic E-state index is -0.183. The van der Waals surface area contributed by atoms with Crippen molar-refractivity contribution in [2.45, 2.75) is 26.2 Å². The highest BCUT2D eigenvalue weighted by Crippen LogP contribution is 2.24. The van der Waals surface area contributed by atoms with Crippen LogP contribution in [-0.2, 0) is 4.79 Å². The molecule has 0 saturated carbocycles. The van der Waals surface area contributed by atoms with Gasteiger partial charge in [0.2, 0.25) is 5.91 Å². The Bertz CT molecular complexity index is 623. The summed E-state index contributed by atoms with van der Waals surface area (Å²) in [7, 11) is 0. The fourth-order valence-electron chi connectivity index (χ4n) is 1.91. The quantitative estimate of drug-likeness (QED) is 0.745. The molecular formula is C17H19NO3S. The molecule has 0 bridgehead atoms. The Morgan fingerprint density at radius 3 is 2.68 bits per heavy atom. The number of Topliss-reactive ketones (excluding diaryl/α,β-unsaturated/α-hetero) is 1. The highest BCUT2D eigenvalue weighted by Gasteiger charge is 2.12. The number of carbonyl (C=O) groups excluding carboxylic acids is 2. The Kier molecular flexibility index (Phi) is 6.15. The first-order chi connectivity index (χ1) is 10.7. The van der Waals surface area contributed by atoms with Crippen LogP contribution in [0.25, 0.3) is 0 Å². The number of thiophene rings is 1. The molecule has 0 aliphatic rings. The number of hydrogen-bond donors (Lipinski definition) is 1. The van der Waals surface area contributed by atoms with E-state index in [-0.39, 0.29) is 24.5 Å². The lowest BCUT2D eigenvalue weighted by atomic mass is 10.2. The van der Waals surface area contributed by atoms with Crippen LogP contribution in [0.1, 0.15) is 35.9 Å². The zero-order valence-electron chi connectivity index (χ0n) is 12.5. The summed E-state index contributed by atoms with van der Waals surface area (Å²) in [5.74, 6) is 0.473. The zero-order chi connectivity index (χ0) is 15.8. The highest BCUT2D eigenvalue weighted by molar-refractivity contribution is 7.12. The van der Waals surface area contributed by atoms with Crippen molar-refractivity contribution in [2.75, 3.05) is 11.9 Å². The van der Waals surface area contributed by atoms with Gasteiger partial charge in [0.25, 0.3) is 0 Å². The maximum absolute atomic E-state index is 12.0. The minimum Gasteiger partial charge on any atom is -0.491 e. The first kappa shape index (κ1) is 16.2. The second-order valence-electron chi connectivity index (χ2n) is 4.79. The number of rotatable bonds is 8. The van der Waals surface area contributed by atoms with Crippen LogP contribution in [-0.4, -0.2) is 18.3 Å². The second-order valence-corrected chi connectivity index (χ2v) is 5.74. The van der Waals surface area contributed by atoms with E-state index in [1.165, 1.54) is 11.3 Å². The van der Waals surface area contributed by atoms with Crippen molar-refractivity contribution in [3.05, 3.63) is 46.7 Å². The summed E-state index contributed by atoms with van der Waals surface area (Å²) in [6.07, 6.45) is 1.28. The van der Waals surface area contributed by atoms with E-state index in [4.69, 9.17) is 4.74 Å². The van der Waals surface area contributed by atoms with E-state index >= 15 is 0 Å². The average Bonchev–Trinajstić information content (AvgIpc) is 3.06. The Morgan fingerprint density at radius 2 is 1.95 bits per heavy atom. The number of para-hydroxylation sites is 2. The van der Waals surface area contributed by atoms with E-state index in [9.17, 15) is 9.59 Å². The van der Waals surface area contributed by atoms with Gasteiger partial charge in [-0.05, 0) is 30.0 Å². The van der Waals surface area contributed by atoms with Gasteiger partial charge in [0.15, 0.2) is 5.78 Å². The molecule has 0 radical (unpaired) electrons. The van der Waals surface area contributed by atoms with Crippen molar-refractivity contribution in [1.29, 1.82) is 0 Å². The number of amides is 1. The number of benzene rings is 1. The standard InChI is InChI=1S/C17H19NO3S/c1-2-11-21-15-7-4-3-6-13(15)18-17(20)10-9-14(19)16-8-5-12-22-16/h3-8,12H,2,9-11H2,1H3,(H,18,20). The smallest absolute Gasteiger partial charge is 0.224 e. The fourth-order valence-corrected chi connectivity index (χ4v) is 2.60. The molecule has 0 unspecified atom stereocenters. The molecule has 0 spiro atoms. The second kappa shape index (κ2) is 8.34. The number of ether oxygens (including phenoxy) is 1. The summed E-state index contributed by atoms with van der Waals surface area (Å²) in [6, 6.07) is 10.9. The van der Waals surface area contributed by atoms with Crippen molar-refractivity contribution in [2.24, 2.45) is 0 Å². The topological polar surface area (TPSA) is 55.4 Å². The number of nitrogens with one attached hydrogen (secondary N) is 1. The Balaban J connectivity index is 1.88. The summed E-state index contributed by atoms with van der Waals surface area (Å²) in [4.78, 5) is 24.6. The molecule has 1 aromatic carbocycles. The SMILES string of the molecule is CCCOc1ccccc1NC(=O)CCC(=O)c1cccs1. The van der Waals surface area contributed by atoms with E-state index in [1.54, 1.807) is 12.1 Å². The van der Waals surface area contributed by atoms with Gasteiger partial charge in [0.05, 0.1) is 17.2 Å². The van der Waals surface area contributed by atoms with Crippen molar-refractivity contribution in [3.8, 4) is 5.75 Å². The van der Waals surface area contributed by atoms with E-state index < -0.39 is 0 Å². The molecule has 1 heterocycles. The van der Waals surface area contributed by atoms with Crippen LogP contribution in [0.4, 0.5) is 5.69 Å². The van der Waals surface area contributed by atoms with Gasteiger partial charge < -0.3 is 10.1 Å². The van der Waals surface area contributed by atoms with Crippen LogP contribution in [0, 0.1) is 0 Å². The maximum Gasteiger partial charge on any atom is 0.224 e. The molecule has 2 rings (SSSR count). The number of hydrogen-bond acceptors (Lipinski definition) is 4. The van der Waals surface area contributed by atoms with Crippen LogP contribution in [0.2, 0.25) is 0 Å².